The van der Waals surface area contributed by atoms with E-state index in [0.717, 1.165) is 0 Å². The quantitative estimate of drug-likeness (QED) is 0.481. The molecule has 0 aliphatic heterocycles. The Bertz CT molecular complexity index is 417. The fraction of sp³-hybridized carbons (Fsp3) is 0.583. The molecule has 0 aliphatic rings. The molecule has 0 unspecified atom stereocenters. The van der Waals surface area contributed by atoms with E-state index in [0.29, 0.717) is 12.1 Å². The molecule has 0 amide bonds. The number of aromatic amines is 1. The smallest absolute Gasteiger partial charge is 0.330 e. The lowest BCUT2D eigenvalue weighted by Crippen LogP contribution is -2.41. The molecule has 0 saturated heterocycles. The zero-order chi connectivity index (χ0) is 14.4. The fourth-order valence-electron chi connectivity index (χ4n) is 1.57. The molecule has 1 heterocycles. The third-order valence-electron chi connectivity index (χ3n) is 2.53. The summed E-state index contributed by atoms with van der Waals surface area (Å²) in [6, 6.07) is -1.72. The number of H-pyrrole nitrogens is 1. The van der Waals surface area contributed by atoms with Crippen molar-refractivity contribution in [2.75, 3.05) is 0 Å². The molecule has 106 valence electrons. The Morgan fingerprint density at radius 3 is 2.47 bits per heavy atom. The summed E-state index contributed by atoms with van der Waals surface area (Å²) in [5, 5.41) is 0. The maximum absolute atomic E-state index is 11.6. The average molecular weight is 268 g/mol. The number of carbonyl (C=O) groups excluding carboxylic acids is 2. The second-order valence-corrected chi connectivity index (χ2v) is 4.86. The number of imidazole rings is 1. The summed E-state index contributed by atoms with van der Waals surface area (Å²) in [7, 11) is 0. The highest BCUT2D eigenvalue weighted by Gasteiger charge is 2.24. The van der Waals surface area contributed by atoms with Gasteiger partial charge >= 0.3 is 11.9 Å². The Kier molecular flexibility index (Phi) is 5.65. The maximum Gasteiger partial charge on any atom is 0.330 e. The molecular weight excluding hydrogens is 248 g/mol. The normalized spacial score (nSPS) is 14.2. The van der Waals surface area contributed by atoms with Gasteiger partial charge in [-0.2, -0.15) is 0 Å². The molecule has 0 radical (unpaired) electrons. The molecule has 0 saturated carbocycles. The molecule has 5 N–H and O–H groups in total. The molecule has 0 fully saturated rings. The maximum atomic E-state index is 11.6. The van der Waals surface area contributed by atoms with Crippen LogP contribution >= 0.6 is 0 Å². The minimum Gasteiger partial charge on any atom is -0.391 e. The summed E-state index contributed by atoms with van der Waals surface area (Å²) < 4.78 is 4.66. The monoisotopic (exact) mass is 268 g/mol. The van der Waals surface area contributed by atoms with E-state index in [1.54, 1.807) is 6.20 Å². The van der Waals surface area contributed by atoms with E-state index >= 15 is 0 Å². The van der Waals surface area contributed by atoms with Gasteiger partial charge in [0.2, 0.25) is 0 Å². The molecule has 7 nitrogen and oxygen atoms in total. The molecule has 7 heteroatoms. The topological polar surface area (TPSA) is 124 Å². The van der Waals surface area contributed by atoms with E-state index in [4.69, 9.17) is 11.5 Å². The number of nitrogens with two attached hydrogens (primary N) is 2. The van der Waals surface area contributed by atoms with Crippen LogP contribution in [-0.4, -0.2) is 34.0 Å². The van der Waals surface area contributed by atoms with E-state index in [2.05, 4.69) is 14.7 Å². The van der Waals surface area contributed by atoms with E-state index in [1.165, 1.54) is 6.33 Å². The zero-order valence-electron chi connectivity index (χ0n) is 11.1. The molecule has 1 aromatic rings. The van der Waals surface area contributed by atoms with Crippen molar-refractivity contribution in [3.8, 4) is 0 Å². The molecule has 0 aromatic carbocycles. The molecular formula is C12H20N4O3. The van der Waals surface area contributed by atoms with Gasteiger partial charge in [-0.05, 0) is 12.3 Å². The number of esters is 2. The highest BCUT2D eigenvalue weighted by Crippen LogP contribution is 2.05. The first-order valence-electron chi connectivity index (χ1n) is 6.14. The summed E-state index contributed by atoms with van der Waals surface area (Å²) >= 11 is 0. The van der Waals surface area contributed by atoms with Gasteiger partial charge in [-0.3, -0.25) is 0 Å². The zero-order valence-corrected chi connectivity index (χ0v) is 11.1. The average Bonchev–Trinajstić information content (AvgIpc) is 2.80. The second kappa shape index (κ2) is 7.01. The van der Waals surface area contributed by atoms with E-state index < -0.39 is 24.0 Å². The first kappa shape index (κ1) is 15.3. The van der Waals surface area contributed by atoms with Crippen LogP contribution in [0.4, 0.5) is 0 Å². The highest BCUT2D eigenvalue weighted by molar-refractivity contribution is 5.90. The molecule has 0 aliphatic carbocycles. The van der Waals surface area contributed by atoms with Gasteiger partial charge < -0.3 is 21.2 Å². The van der Waals surface area contributed by atoms with E-state index in [9.17, 15) is 9.59 Å². The van der Waals surface area contributed by atoms with E-state index in [-0.39, 0.29) is 12.3 Å². The molecule has 1 rings (SSSR count). The van der Waals surface area contributed by atoms with Gasteiger partial charge in [0.25, 0.3) is 0 Å². The van der Waals surface area contributed by atoms with Crippen LogP contribution in [0.5, 0.6) is 0 Å². The third kappa shape index (κ3) is 5.19. The summed E-state index contributed by atoms with van der Waals surface area (Å²) in [4.78, 5) is 29.8. The first-order valence-corrected chi connectivity index (χ1v) is 6.14. The van der Waals surface area contributed by atoms with Crippen molar-refractivity contribution in [3.05, 3.63) is 18.2 Å². The van der Waals surface area contributed by atoms with Gasteiger partial charge in [-0.1, -0.05) is 13.8 Å². The lowest BCUT2D eigenvalue weighted by Gasteiger charge is -2.14. The van der Waals surface area contributed by atoms with Crippen LogP contribution in [0.1, 0.15) is 26.0 Å². The summed E-state index contributed by atoms with van der Waals surface area (Å²) in [5.74, 6) is -1.27. The number of nitrogens with one attached hydrogen (secondary N) is 1. The number of carbonyl (C=O) groups is 2. The summed E-state index contributed by atoms with van der Waals surface area (Å²) in [5.41, 5.74) is 12.0. The van der Waals surface area contributed by atoms with Gasteiger partial charge in [-0.15, -0.1) is 0 Å². The van der Waals surface area contributed by atoms with Crippen LogP contribution in [0.15, 0.2) is 12.5 Å². The Morgan fingerprint density at radius 1 is 1.32 bits per heavy atom. The number of hydrogen-bond donors (Lipinski definition) is 3. The van der Waals surface area contributed by atoms with Crippen molar-refractivity contribution in [1.29, 1.82) is 0 Å². The minimum atomic E-state index is -0.921. The van der Waals surface area contributed by atoms with Gasteiger partial charge in [0.05, 0.1) is 6.33 Å². The summed E-state index contributed by atoms with van der Waals surface area (Å²) in [6.07, 6.45) is 3.73. The van der Waals surface area contributed by atoms with Crippen molar-refractivity contribution < 1.29 is 14.3 Å². The highest BCUT2D eigenvalue weighted by atomic mass is 16.6. The lowest BCUT2D eigenvalue weighted by atomic mass is 10.0. The van der Waals surface area contributed by atoms with Gasteiger partial charge in [0.1, 0.15) is 12.1 Å². The van der Waals surface area contributed by atoms with Crippen LogP contribution in [0.3, 0.4) is 0 Å². The van der Waals surface area contributed by atoms with Crippen LogP contribution < -0.4 is 11.5 Å². The van der Waals surface area contributed by atoms with Crippen molar-refractivity contribution >= 4 is 11.9 Å². The minimum absolute atomic E-state index is 0.228. The van der Waals surface area contributed by atoms with E-state index in [1.807, 2.05) is 13.8 Å². The first-order chi connectivity index (χ1) is 8.90. The standard InChI is InChI=1S/C12H20N4O3/c1-7(2)3-9(13)11(17)19-12(18)10(14)4-8-5-15-6-16-8/h5-7,9-10H,3-4,13-14H2,1-2H3,(H,15,16)/t9-,10-/m1/s1. The Labute approximate surface area is 111 Å². The SMILES string of the molecule is CC(C)C[C@@H](N)C(=O)OC(=O)[C@H](N)Cc1cnc[nH]1. The van der Waals surface area contributed by atoms with Gasteiger partial charge in [-0.25, -0.2) is 14.6 Å². The van der Waals surface area contributed by atoms with Crippen molar-refractivity contribution in [2.24, 2.45) is 17.4 Å². The predicted octanol–water partition coefficient (Wildman–Crippen LogP) is -0.277. The number of nitrogens with zero attached hydrogens (tertiary/aromatic N) is 1. The van der Waals surface area contributed by atoms with Crippen molar-refractivity contribution in [3.63, 3.8) is 0 Å². The van der Waals surface area contributed by atoms with Crippen molar-refractivity contribution in [1.82, 2.24) is 9.97 Å². The molecule has 2 atom stereocenters. The number of hydrogen-bond acceptors (Lipinski definition) is 6. The lowest BCUT2D eigenvalue weighted by molar-refractivity contribution is -0.161. The number of aromatic nitrogens is 2. The predicted molar refractivity (Wildman–Crippen MR) is 68.8 cm³/mol. The Balaban J connectivity index is 2.43. The Hall–Kier alpha value is -1.73. The number of rotatable bonds is 6. The Morgan fingerprint density at radius 2 is 1.95 bits per heavy atom. The number of ether oxygens (including phenoxy) is 1. The van der Waals surface area contributed by atoms with Crippen LogP contribution in [-0.2, 0) is 20.7 Å². The molecule has 1 aromatic heterocycles. The second-order valence-electron chi connectivity index (χ2n) is 4.86. The van der Waals surface area contributed by atoms with Gasteiger partial charge in [0.15, 0.2) is 0 Å². The largest absolute Gasteiger partial charge is 0.391 e. The van der Waals surface area contributed by atoms with Gasteiger partial charge in [0, 0.05) is 18.3 Å². The molecule has 19 heavy (non-hydrogen) atoms. The van der Waals surface area contributed by atoms with Crippen molar-refractivity contribution in [2.45, 2.75) is 38.8 Å². The third-order valence-corrected chi connectivity index (χ3v) is 2.53. The fourth-order valence-corrected chi connectivity index (χ4v) is 1.57. The summed E-state index contributed by atoms with van der Waals surface area (Å²) in [6.45, 7) is 3.86. The van der Waals surface area contributed by atoms with Crippen LogP contribution in [0.25, 0.3) is 0 Å². The van der Waals surface area contributed by atoms with Crippen LogP contribution in [0, 0.1) is 5.92 Å². The molecule has 0 bridgehead atoms. The molecule has 0 spiro atoms. The van der Waals surface area contributed by atoms with Crippen LogP contribution in [0.2, 0.25) is 0 Å².